The molecular formula is C56H63Cl3N14O4. The number of ether oxygens (including phenoxy) is 1. The van der Waals surface area contributed by atoms with Crippen molar-refractivity contribution in [3.05, 3.63) is 144 Å². The number of carbonyl (C=O) groups excluding carboxylic acids is 3. The van der Waals surface area contributed by atoms with Crippen molar-refractivity contribution >= 4 is 69.8 Å². The molecule has 12 rings (SSSR count). The number of fused-ring (bicyclic) bond motifs is 3. The van der Waals surface area contributed by atoms with Crippen LogP contribution in [0.3, 0.4) is 0 Å². The molecule has 6 aromatic rings. The molecule has 12 heterocycles. The van der Waals surface area contributed by atoms with E-state index < -0.39 is 0 Å². The van der Waals surface area contributed by atoms with Gasteiger partial charge in [0, 0.05) is 122 Å². The number of pyridine rings is 4. The summed E-state index contributed by atoms with van der Waals surface area (Å²) in [6.45, 7) is 19.1. The minimum Gasteiger partial charge on any atom is -0.378 e. The number of carbonyl (C=O) groups is 3. The highest BCUT2D eigenvalue weighted by Gasteiger charge is 2.37. The Hall–Kier alpha value is -6.60. The molecule has 0 saturated carbocycles. The molecule has 0 N–H and O–H groups in total. The van der Waals surface area contributed by atoms with Gasteiger partial charge in [-0.3, -0.25) is 34.3 Å². The second-order valence-corrected chi connectivity index (χ2v) is 22.1. The summed E-state index contributed by atoms with van der Waals surface area (Å²) >= 11 is 19.0. The van der Waals surface area contributed by atoms with Gasteiger partial charge >= 0.3 is 0 Å². The molecular weight excluding hydrogens is 1040 g/mol. The summed E-state index contributed by atoms with van der Waals surface area (Å²) in [6, 6.07) is 7.79. The number of halogens is 3. The number of hydrogen-bond acceptors (Lipinski definition) is 15. The number of aromatic nitrogens is 8. The zero-order valence-electron chi connectivity index (χ0n) is 44.3. The monoisotopic (exact) mass is 1100 g/mol. The van der Waals surface area contributed by atoms with Crippen molar-refractivity contribution in [3.8, 4) is 0 Å². The van der Waals surface area contributed by atoms with E-state index in [0.29, 0.717) is 92.9 Å². The number of aryl methyl sites for hydroxylation is 2. The highest BCUT2D eigenvalue weighted by atomic mass is 35.5. The van der Waals surface area contributed by atoms with Crippen LogP contribution in [0.2, 0.25) is 15.1 Å². The van der Waals surface area contributed by atoms with Crippen LogP contribution < -0.4 is 14.7 Å². The van der Waals surface area contributed by atoms with Crippen molar-refractivity contribution in [2.45, 2.75) is 99.8 Å². The Kier molecular flexibility index (Phi) is 16.2. The molecule has 0 aliphatic carbocycles. The fourth-order valence-corrected chi connectivity index (χ4v) is 11.6. The van der Waals surface area contributed by atoms with Gasteiger partial charge in [0.1, 0.15) is 24.3 Å². The maximum atomic E-state index is 12.8. The van der Waals surface area contributed by atoms with Gasteiger partial charge in [0.2, 0.25) is 17.7 Å². The first-order valence-electron chi connectivity index (χ1n) is 26.1. The first kappa shape index (κ1) is 53.8. The Bertz CT molecular complexity index is 3020. The summed E-state index contributed by atoms with van der Waals surface area (Å²) in [4.78, 5) is 84.7. The number of rotatable bonds is 11. The molecule has 21 heteroatoms. The summed E-state index contributed by atoms with van der Waals surface area (Å²) in [5.41, 5.74) is 12.9. The molecule has 0 spiro atoms. The fraction of sp³-hybridized carbons (Fsp3) is 0.446. The number of hydrogen-bond donors (Lipinski definition) is 0. The van der Waals surface area contributed by atoms with Crippen LogP contribution in [-0.2, 0) is 65.0 Å². The topological polar surface area (TPSA) is 183 Å². The van der Waals surface area contributed by atoms with Gasteiger partial charge in [-0.2, -0.15) is 0 Å². The molecule has 0 bridgehead atoms. The standard InChI is InChI=1S/C19H22ClN5O2.C19H21ClN4O.C18H20ClN5O/c1-12-14-8-25(9-15(14)23-16(10-27-2)19(12)20)18(26)5-13-6-24(7-13)17-3-4-21-11-22-17;1-12-16-10-24(11-17(16)22-13(2)19(12)20)18(25)6-14-8-23(9-14)15-4-3-5-21-7-15;1-11-14-8-24(9-15(14)22-12(2)18(11)19)17(25)5-13-6-23(7-13)16-3-4-20-10-21-16/h3-4,11,13H,5-10H2,1-2H3;3-5,7,14H,6,8-11H2,1-2H3;3-4,10,13H,5-9H2,1-2H3. The van der Waals surface area contributed by atoms with Crippen LogP contribution in [0.25, 0.3) is 0 Å². The second-order valence-electron chi connectivity index (χ2n) is 21.0. The molecule has 6 aromatic heterocycles. The van der Waals surface area contributed by atoms with Crippen LogP contribution >= 0.6 is 34.8 Å². The molecule has 0 radical (unpaired) electrons. The van der Waals surface area contributed by atoms with E-state index >= 15 is 0 Å². The van der Waals surface area contributed by atoms with E-state index in [1.54, 1.807) is 38.4 Å². The molecule has 3 amide bonds. The van der Waals surface area contributed by atoms with Crippen molar-refractivity contribution in [1.29, 1.82) is 0 Å². The smallest absolute Gasteiger partial charge is 0.223 e. The molecule has 6 aliphatic heterocycles. The Labute approximate surface area is 464 Å². The third-order valence-electron chi connectivity index (χ3n) is 15.6. The molecule has 77 heavy (non-hydrogen) atoms. The van der Waals surface area contributed by atoms with E-state index in [-0.39, 0.29) is 17.7 Å². The summed E-state index contributed by atoms with van der Waals surface area (Å²) in [7, 11) is 1.62. The quantitative estimate of drug-likeness (QED) is 0.122. The molecule has 0 unspecified atom stereocenters. The molecule has 0 atom stereocenters. The summed E-state index contributed by atoms with van der Waals surface area (Å²) in [6.07, 6.45) is 11.9. The second kappa shape index (κ2) is 23.2. The van der Waals surface area contributed by atoms with Crippen LogP contribution in [0.15, 0.2) is 61.7 Å². The molecule has 18 nitrogen and oxygen atoms in total. The zero-order chi connectivity index (χ0) is 54.1. The number of amides is 3. The van der Waals surface area contributed by atoms with Crippen LogP contribution in [0, 0.1) is 52.4 Å². The predicted octanol–water partition coefficient (Wildman–Crippen LogP) is 7.97. The van der Waals surface area contributed by atoms with Crippen LogP contribution in [0.4, 0.5) is 17.3 Å². The average molecular weight is 1100 g/mol. The van der Waals surface area contributed by atoms with Crippen LogP contribution in [-0.4, -0.2) is 119 Å². The normalized spacial score (nSPS) is 16.6. The zero-order valence-corrected chi connectivity index (χ0v) is 46.6. The largest absolute Gasteiger partial charge is 0.378 e. The van der Waals surface area contributed by atoms with E-state index in [1.807, 2.05) is 73.7 Å². The Morgan fingerprint density at radius 3 is 1.34 bits per heavy atom. The molecule has 3 saturated heterocycles. The average Bonchev–Trinajstić information content (AvgIpc) is 4.18. The number of anilines is 3. The summed E-state index contributed by atoms with van der Waals surface area (Å²) in [5.74, 6) is 3.57. The van der Waals surface area contributed by atoms with E-state index in [0.717, 1.165) is 129 Å². The first-order valence-corrected chi connectivity index (χ1v) is 27.2. The number of methoxy groups -OCH3 is 1. The summed E-state index contributed by atoms with van der Waals surface area (Å²) in [5, 5.41) is 2.08. The Balaban J connectivity index is 0.000000131. The highest BCUT2D eigenvalue weighted by Crippen LogP contribution is 2.36. The maximum absolute atomic E-state index is 12.8. The minimum absolute atomic E-state index is 0.171. The third-order valence-corrected chi connectivity index (χ3v) is 17.2. The van der Waals surface area contributed by atoms with E-state index in [1.165, 1.54) is 0 Å². The van der Waals surface area contributed by atoms with Crippen LogP contribution in [0.5, 0.6) is 0 Å². The van der Waals surface area contributed by atoms with E-state index in [4.69, 9.17) is 39.5 Å². The maximum Gasteiger partial charge on any atom is 0.223 e. The van der Waals surface area contributed by atoms with Gasteiger partial charge in [-0.15, -0.1) is 0 Å². The predicted molar refractivity (Wildman–Crippen MR) is 294 cm³/mol. The van der Waals surface area contributed by atoms with Crippen molar-refractivity contribution in [2.75, 3.05) is 61.1 Å². The van der Waals surface area contributed by atoms with Gasteiger partial charge in [-0.1, -0.05) is 34.8 Å². The number of nitrogens with zero attached hydrogens (tertiary/aromatic N) is 14. The first-order chi connectivity index (χ1) is 37.1. The summed E-state index contributed by atoms with van der Waals surface area (Å²) < 4.78 is 5.18. The molecule has 402 valence electrons. The van der Waals surface area contributed by atoms with Crippen molar-refractivity contribution in [3.63, 3.8) is 0 Å². The van der Waals surface area contributed by atoms with E-state index in [2.05, 4.69) is 60.6 Å². The minimum atomic E-state index is 0.171. The Morgan fingerprint density at radius 1 is 0.532 bits per heavy atom. The van der Waals surface area contributed by atoms with Gasteiger partial charge in [0.25, 0.3) is 0 Å². The fourth-order valence-electron chi connectivity index (χ4n) is 11.1. The van der Waals surface area contributed by atoms with Gasteiger partial charge in [-0.25, -0.2) is 19.9 Å². The lowest BCUT2D eigenvalue weighted by Crippen LogP contribution is -2.49. The van der Waals surface area contributed by atoms with Gasteiger partial charge in [0.15, 0.2) is 0 Å². The molecule has 3 fully saturated rings. The van der Waals surface area contributed by atoms with Gasteiger partial charge < -0.3 is 34.1 Å². The van der Waals surface area contributed by atoms with Crippen LogP contribution in [0.1, 0.15) is 86.8 Å². The lowest BCUT2D eigenvalue weighted by atomic mass is 9.95. The third kappa shape index (κ3) is 11.7. The lowest BCUT2D eigenvalue weighted by molar-refractivity contribution is -0.133. The SMILES string of the molecule is COCc1nc2c(c(C)c1Cl)CN(C(=O)CC1CN(c3ccncn3)C1)C2.Cc1nc2c(c(C)c1Cl)CN(C(=O)CC1CN(c3cccnc3)C1)C2.Cc1nc2c(c(C)c1Cl)CN(C(=O)CC1CN(c3ccncn3)C1)C2. The van der Waals surface area contributed by atoms with E-state index in [9.17, 15) is 14.4 Å². The van der Waals surface area contributed by atoms with Gasteiger partial charge in [-0.05, 0) is 92.3 Å². The van der Waals surface area contributed by atoms with Gasteiger partial charge in [0.05, 0.1) is 87.4 Å². The molecule has 6 aliphatic rings. The lowest BCUT2D eigenvalue weighted by Gasteiger charge is -2.41. The van der Waals surface area contributed by atoms with Crippen molar-refractivity contribution in [2.24, 2.45) is 17.8 Å². The highest BCUT2D eigenvalue weighted by molar-refractivity contribution is 6.32. The van der Waals surface area contributed by atoms with Crippen molar-refractivity contribution < 1.29 is 19.1 Å². The van der Waals surface area contributed by atoms with Crippen molar-refractivity contribution in [1.82, 2.24) is 54.6 Å². The molecule has 0 aromatic carbocycles. The Morgan fingerprint density at radius 2 is 0.948 bits per heavy atom.